The van der Waals surface area contributed by atoms with Crippen LogP contribution in [0.15, 0.2) is 0 Å². The van der Waals surface area contributed by atoms with Crippen LogP contribution in [0.3, 0.4) is 0 Å². The van der Waals surface area contributed by atoms with Gasteiger partial charge < -0.3 is 14.7 Å². The summed E-state index contributed by atoms with van der Waals surface area (Å²) in [4.78, 5) is 2.35. The Morgan fingerprint density at radius 1 is 1.35 bits per heavy atom. The fraction of sp³-hybridized carbons (Fsp3) is 0.882. The molecule has 20 heavy (non-hydrogen) atoms. The first kappa shape index (κ1) is 15.8. The van der Waals surface area contributed by atoms with Crippen LogP contribution in [-0.4, -0.2) is 48.0 Å². The van der Waals surface area contributed by atoms with Gasteiger partial charge in [0, 0.05) is 13.1 Å². The molecule has 1 heterocycles. The lowest BCUT2D eigenvalue weighted by atomic mass is 9.85. The molecule has 2 rings (SSSR count). The van der Waals surface area contributed by atoms with Crippen LogP contribution in [0.4, 0.5) is 0 Å². The third-order valence-electron chi connectivity index (χ3n) is 4.69. The van der Waals surface area contributed by atoms with Crippen LogP contribution >= 0.6 is 0 Å². The second kappa shape index (κ2) is 7.45. The van der Waals surface area contributed by atoms with Crippen molar-refractivity contribution < 1.29 is 9.84 Å². The molecule has 0 amide bonds. The molecular formula is C17H29NO2. The van der Waals surface area contributed by atoms with Gasteiger partial charge >= 0.3 is 0 Å². The lowest BCUT2D eigenvalue weighted by molar-refractivity contribution is -0.0712. The van der Waals surface area contributed by atoms with E-state index in [1.165, 1.54) is 19.3 Å². The van der Waals surface area contributed by atoms with E-state index in [1.807, 2.05) is 0 Å². The first-order valence-corrected chi connectivity index (χ1v) is 8.16. The number of hydrogen-bond donors (Lipinski definition) is 1. The third kappa shape index (κ3) is 4.48. The monoisotopic (exact) mass is 279 g/mol. The highest BCUT2D eigenvalue weighted by Gasteiger charge is 2.31. The number of likely N-dealkylation sites (tertiary alicyclic amines) is 1. The maximum absolute atomic E-state index is 10.2. The molecule has 3 nitrogen and oxygen atoms in total. The van der Waals surface area contributed by atoms with Crippen molar-refractivity contribution in [1.29, 1.82) is 0 Å². The highest BCUT2D eigenvalue weighted by Crippen LogP contribution is 2.31. The van der Waals surface area contributed by atoms with E-state index in [1.54, 1.807) is 0 Å². The number of rotatable bonds is 5. The molecule has 1 saturated carbocycles. The van der Waals surface area contributed by atoms with E-state index in [0.717, 1.165) is 44.7 Å². The first-order valence-electron chi connectivity index (χ1n) is 8.16. The molecule has 0 radical (unpaired) electrons. The van der Waals surface area contributed by atoms with E-state index in [0.29, 0.717) is 13.2 Å². The Bertz CT molecular complexity index is 330. The molecule has 2 atom stereocenters. The summed E-state index contributed by atoms with van der Waals surface area (Å²) in [7, 11) is 0. The number of hydrogen-bond acceptors (Lipinski definition) is 3. The van der Waals surface area contributed by atoms with Crippen LogP contribution < -0.4 is 0 Å². The molecule has 0 spiro atoms. The second-order valence-electron chi connectivity index (χ2n) is 6.67. The molecule has 114 valence electrons. The van der Waals surface area contributed by atoms with E-state index in [-0.39, 0.29) is 0 Å². The molecule has 2 fully saturated rings. The van der Waals surface area contributed by atoms with Gasteiger partial charge in [-0.3, -0.25) is 0 Å². The minimum Gasteiger partial charge on any atom is -0.389 e. The maximum atomic E-state index is 10.2. The summed E-state index contributed by atoms with van der Waals surface area (Å²) < 4.78 is 5.94. The molecular weight excluding hydrogens is 250 g/mol. The molecule has 3 heteroatoms. The second-order valence-corrected chi connectivity index (χ2v) is 6.67. The smallest absolute Gasteiger partial charge is 0.128 e. The van der Waals surface area contributed by atoms with Crippen LogP contribution in [-0.2, 0) is 4.74 Å². The van der Waals surface area contributed by atoms with Gasteiger partial charge in [0.2, 0.25) is 0 Å². The standard InChI is InChI=1S/C17H29NO2/c1-3-17(9-5-4-6-10-17)20-14-16(19)13-18-11-7-8-15(2)12-18/h1,15-16,19H,4-14H2,2H3/t15-,16-/m0/s1. The fourth-order valence-electron chi connectivity index (χ4n) is 3.51. The minimum atomic E-state index is -0.424. The minimum absolute atomic E-state index is 0.370. The zero-order valence-electron chi connectivity index (χ0n) is 12.8. The van der Waals surface area contributed by atoms with Crippen LogP contribution in [0, 0.1) is 18.3 Å². The number of β-amino-alcohol motifs (C(OH)–C–C–N with tert-alkyl or cyclic N) is 1. The van der Waals surface area contributed by atoms with Crippen LogP contribution in [0.5, 0.6) is 0 Å². The third-order valence-corrected chi connectivity index (χ3v) is 4.69. The maximum Gasteiger partial charge on any atom is 0.128 e. The molecule has 0 bridgehead atoms. The van der Waals surface area contributed by atoms with Crippen molar-refractivity contribution >= 4 is 0 Å². The quantitative estimate of drug-likeness (QED) is 0.785. The van der Waals surface area contributed by atoms with E-state index in [2.05, 4.69) is 17.7 Å². The van der Waals surface area contributed by atoms with Gasteiger partial charge in [-0.05, 0) is 51.0 Å². The Labute approximate surface area is 123 Å². The number of piperidine rings is 1. The topological polar surface area (TPSA) is 32.7 Å². The van der Waals surface area contributed by atoms with E-state index < -0.39 is 11.7 Å². The summed E-state index contributed by atoms with van der Waals surface area (Å²) in [5, 5.41) is 10.2. The number of nitrogens with zero attached hydrogens (tertiary/aromatic N) is 1. The Morgan fingerprint density at radius 3 is 2.75 bits per heavy atom. The number of terminal acetylenes is 1. The average Bonchev–Trinajstić information content (AvgIpc) is 2.46. The molecule has 0 unspecified atom stereocenters. The largest absolute Gasteiger partial charge is 0.389 e. The molecule has 0 aromatic heterocycles. The summed E-state index contributed by atoms with van der Waals surface area (Å²) in [6.07, 6.45) is 13.2. The van der Waals surface area contributed by atoms with Crippen molar-refractivity contribution in [3.05, 3.63) is 0 Å². The van der Waals surface area contributed by atoms with E-state index >= 15 is 0 Å². The highest BCUT2D eigenvalue weighted by molar-refractivity contribution is 5.09. The average molecular weight is 279 g/mol. The summed E-state index contributed by atoms with van der Waals surface area (Å²) in [6, 6.07) is 0. The molecule has 0 aromatic carbocycles. The predicted molar refractivity (Wildman–Crippen MR) is 81.4 cm³/mol. The molecule has 1 N–H and O–H groups in total. The zero-order valence-corrected chi connectivity index (χ0v) is 12.8. The van der Waals surface area contributed by atoms with Gasteiger partial charge in [-0.25, -0.2) is 0 Å². The van der Waals surface area contributed by atoms with Gasteiger partial charge in [-0.15, -0.1) is 6.42 Å². The van der Waals surface area contributed by atoms with Crippen LogP contribution in [0.25, 0.3) is 0 Å². The summed E-state index contributed by atoms with van der Waals surface area (Å²) in [6.45, 7) is 5.56. The van der Waals surface area contributed by atoms with Gasteiger partial charge in [0.15, 0.2) is 0 Å². The molecule has 0 aromatic rings. The van der Waals surface area contributed by atoms with Gasteiger partial charge in [0.25, 0.3) is 0 Å². The van der Waals surface area contributed by atoms with Crippen molar-refractivity contribution in [2.75, 3.05) is 26.2 Å². The SMILES string of the molecule is C#CC1(OC[C@@H](O)CN2CCC[C@H](C)C2)CCCCC1. The van der Waals surface area contributed by atoms with Gasteiger partial charge in [0.1, 0.15) is 5.60 Å². The van der Waals surface area contributed by atoms with E-state index in [9.17, 15) is 5.11 Å². The Morgan fingerprint density at radius 2 is 2.10 bits per heavy atom. The van der Waals surface area contributed by atoms with Gasteiger partial charge in [0.05, 0.1) is 12.7 Å². The summed E-state index contributed by atoms with van der Waals surface area (Å²) in [5.74, 6) is 3.58. The molecule has 1 aliphatic carbocycles. The van der Waals surface area contributed by atoms with Gasteiger partial charge in [-0.1, -0.05) is 19.3 Å². The zero-order chi connectivity index (χ0) is 14.4. The number of ether oxygens (including phenoxy) is 1. The summed E-state index contributed by atoms with van der Waals surface area (Å²) in [5.41, 5.74) is -0.408. The highest BCUT2D eigenvalue weighted by atomic mass is 16.5. The van der Waals surface area contributed by atoms with Crippen molar-refractivity contribution in [3.8, 4) is 12.3 Å². The predicted octanol–water partition coefficient (Wildman–Crippen LogP) is 2.43. The van der Waals surface area contributed by atoms with Crippen molar-refractivity contribution in [1.82, 2.24) is 4.90 Å². The van der Waals surface area contributed by atoms with Crippen molar-refractivity contribution in [3.63, 3.8) is 0 Å². The lowest BCUT2D eigenvalue weighted by Gasteiger charge is -2.35. The van der Waals surface area contributed by atoms with Crippen molar-refractivity contribution in [2.24, 2.45) is 5.92 Å². The molecule has 1 saturated heterocycles. The Hall–Kier alpha value is -0.560. The molecule has 2 aliphatic rings. The van der Waals surface area contributed by atoms with Crippen LogP contribution in [0.2, 0.25) is 0 Å². The normalized spacial score (nSPS) is 28.8. The Kier molecular flexibility index (Phi) is 5.89. The van der Waals surface area contributed by atoms with E-state index in [4.69, 9.17) is 11.2 Å². The molecule has 1 aliphatic heterocycles. The first-order chi connectivity index (χ1) is 9.63. The number of aliphatic hydroxyl groups is 1. The van der Waals surface area contributed by atoms with Gasteiger partial charge in [-0.2, -0.15) is 0 Å². The fourth-order valence-corrected chi connectivity index (χ4v) is 3.51. The number of aliphatic hydroxyl groups excluding tert-OH is 1. The van der Waals surface area contributed by atoms with Crippen LogP contribution in [0.1, 0.15) is 51.9 Å². The Balaban J connectivity index is 1.73. The lowest BCUT2D eigenvalue weighted by Crippen LogP contribution is -2.43. The summed E-state index contributed by atoms with van der Waals surface area (Å²) >= 11 is 0. The van der Waals surface area contributed by atoms with Crippen molar-refractivity contribution in [2.45, 2.75) is 63.6 Å².